The minimum Gasteiger partial charge on any atom is -0.484 e. The summed E-state index contributed by atoms with van der Waals surface area (Å²) in [5.41, 5.74) is 3.44. The number of rotatable bonds is 14. The Morgan fingerprint density at radius 3 is 2.23 bits per heavy atom. The highest BCUT2D eigenvalue weighted by atomic mass is 16.5. The third-order valence-corrected chi connectivity index (χ3v) is 4.54. The number of carbonyl (C=O) groups is 2. The molecule has 0 bridgehead atoms. The van der Waals surface area contributed by atoms with Gasteiger partial charge in [-0.2, -0.15) is 0 Å². The first-order chi connectivity index (χ1) is 15.1. The summed E-state index contributed by atoms with van der Waals surface area (Å²) in [5.74, 6) is 0.424. The molecule has 0 heterocycles. The second-order valence-corrected chi connectivity index (χ2v) is 7.11. The first kappa shape index (κ1) is 24.4. The number of likely N-dealkylation sites (N-methyl/N-ethyl adjacent to an activating group) is 1. The largest absolute Gasteiger partial charge is 0.484 e. The van der Waals surface area contributed by atoms with Gasteiger partial charge in [-0.3, -0.25) is 9.59 Å². The number of hydrogen-bond donors (Lipinski definition) is 2. The molecule has 2 aromatic rings. The van der Waals surface area contributed by atoms with Crippen molar-refractivity contribution in [3.8, 4) is 5.75 Å². The number of benzene rings is 2. The predicted molar refractivity (Wildman–Crippen MR) is 119 cm³/mol. The van der Waals surface area contributed by atoms with Crippen molar-refractivity contribution in [1.82, 2.24) is 10.6 Å². The van der Waals surface area contributed by atoms with E-state index in [2.05, 4.69) is 41.8 Å². The van der Waals surface area contributed by atoms with Crippen molar-refractivity contribution < 1.29 is 23.8 Å². The minimum absolute atomic E-state index is 0.00710. The second kappa shape index (κ2) is 14.2. The highest BCUT2D eigenvalue weighted by molar-refractivity contribution is 5.77. The molecule has 2 N–H and O–H groups in total. The van der Waals surface area contributed by atoms with E-state index in [4.69, 9.17) is 14.2 Å². The van der Waals surface area contributed by atoms with E-state index in [0.29, 0.717) is 45.1 Å². The van der Waals surface area contributed by atoms with E-state index in [1.165, 1.54) is 5.56 Å². The predicted octanol–water partition coefficient (Wildman–Crippen LogP) is 2.40. The van der Waals surface area contributed by atoms with Crippen LogP contribution in [0.4, 0.5) is 0 Å². The molecule has 0 aliphatic heterocycles. The molecule has 0 radical (unpaired) electrons. The zero-order valence-electron chi connectivity index (χ0n) is 18.3. The Morgan fingerprint density at radius 2 is 1.52 bits per heavy atom. The maximum Gasteiger partial charge on any atom is 0.257 e. The summed E-state index contributed by atoms with van der Waals surface area (Å²) in [6, 6.07) is 15.7. The second-order valence-electron chi connectivity index (χ2n) is 7.11. The minimum atomic E-state index is -0.175. The van der Waals surface area contributed by atoms with E-state index >= 15 is 0 Å². The van der Waals surface area contributed by atoms with Crippen molar-refractivity contribution in [3.63, 3.8) is 0 Å². The summed E-state index contributed by atoms with van der Waals surface area (Å²) in [4.78, 5) is 23.1. The Labute approximate surface area is 184 Å². The zero-order valence-corrected chi connectivity index (χ0v) is 18.3. The highest BCUT2D eigenvalue weighted by Gasteiger charge is 2.03. The van der Waals surface area contributed by atoms with Crippen molar-refractivity contribution in [3.05, 3.63) is 65.2 Å². The van der Waals surface area contributed by atoms with Crippen LogP contribution in [0.1, 0.15) is 23.1 Å². The molecule has 0 fully saturated rings. The molecule has 2 rings (SSSR count). The van der Waals surface area contributed by atoms with Gasteiger partial charge in [0.15, 0.2) is 6.61 Å². The molecular weight excluding hydrogens is 396 g/mol. The van der Waals surface area contributed by atoms with E-state index in [1.54, 1.807) is 7.05 Å². The van der Waals surface area contributed by atoms with Gasteiger partial charge < -0.3 is 24.8 Å². The number of hydrogen-bond acceptors (Lipinski definition) is 5. The van der Waals surface area contributed by atoms with Gasteiger partial charge in [-0.1, -0.05) is 42.0 Å². The van der Waals surface area contributed by atoms with Crippen molar-refractivity contribution >= 4 is 11.8 Å². The fraction of sp³-hybridized carbons (Fsp3) is 0.417. The number of ether oxygens (including phenoxy) is 3. The fourth-order valence-corrected chi connectivity index (χ4v) is 2.67. The third kappa shape index (κ3) is 10.6. The Morgan fingerprint density at radius 1 is 0.839 bits per heavy atom. The summed E-state index contributed by atoms with van der Waals surface area (Å²) in [6.45, 7) is 4.50. The maximum atomic E-state index is 11.9. The van der Waals surface area contributed by atoms with E-state index in [1.807, 2.05) is 24.3 Å². The first-order valence-electron chi connectivity index (χ1n) is 10.5. The van der Waals surface area contributed by atoms with E-state index in [9.17, 15) is 9.59 Å². The topological polar surface area (TPSA) is 85.9 Å². The van der Waals surface area contributed by atoms with Gasteiger partial charge in [-0.05, 0) is 36.6 Å². The molecule has 31 heavy (non-hydrogen) atoms. The highest BCUT2D eigenvalue weighted by Crippen LogP contribution is 2.12. The molecule has 0 atom stereocenters. The SMILES string of the molecule is CNC(=O)COc1ccc(CCNC(=O)CCOCCOCc2ccc(C)cc2)cc1. The number of aryl methyl sites for hydroxylation is 1. The Balaban J connectivity index is 1.47. The van der Waals surface area contributed by atoms with Crippen LogP contribution in [0.25, 0.3) is 0 Å². The number of amides is 2. The van der Waals surface area contributed by atoms with Crippen LogP contribution in [0.3, 0.4) is 0 Å². The fourth-order valence-electron chi connectivity index (χ4n) is 2.67. The summed E-state index contributed by atoms with van der Waals surface area (Å²) in [7, 11) is 1.57. The molecule has 0 spiro atoms. The van der Waals surface area contributed by atoms with Gasteiger partial charge >= 0.3 is 0 Å². The molecule has 0 aliphatic rings. The van der Waals surface area contributed by atoms with Gasteiger partial charge in [0.05, 0.1) is 26.4 Å². The summed E-state index contributed by atoms with van der Waals surface area (Å²) >= 11 is 0. The zero-order chi connectivity index (χ0) is 22.3. The van der Waals surface area contributed by atoms with Gasteiger partial charge in [0, 0.05) is 20.0 Å². The molecule has 0 unspecified atom stereocenters. The molecule has 0 saturated carbocycles. The Bertz CT molecular complexity index is 791. The van der Waals surface area contributed by atoms with Crippen molar-refractivity contribution in [2.75, 3.05) is 40.0 Å². The molecule has 2 amide bonds. The van der Waals surface area contributed by atoms with Crippen LogP contribution in [-0.4, -0.2) is 51.8 Å². The standard InChI is InChI=1S/C24H32N2O5/c1-19-3-5-21(6-4-19)17-30-16-15-29-14-12-23(27)26-13-11-20-7-9-22(10-8-20)31-18-24(28)25-2/h3-10H,11-18H2,1-2H3,(H,25,28)(H,26,27). The van der Waals surface area contributed by atoms with Crippen LogP contribution in [0, 0.1) is 6.92 Å². The normalized spacial score (nSPS) is 10.5. The number of nitrogens with one attached hydrogen (secondary N) is 2. The smallest absolute Gasteiger partial charge is 0.257 e. The molecule has 0 saturated heterocycles. The average molecular weight is 429 g/mol. The Kier molecular flexibility index (Phi) is 11.1. The molecule has 168 valence electrons. The molecule has 2 aromatic carbocycles. The molecule has 7 heteroatoms. The van der Waals surface area contributed by atoms with Gasteiger partial charge in [0.2, 0.25) is 5.91 Å². The van der Waals surface area contributed by atoms with Crippen LogP contribution in [-0.2, 0) is 32.1 Å². The average Bonchev–Trinajstić information content (AvgIpc) is 2.79. The summed E-state index contributed by atoms with van der Waals surface area (Å²) in [5, 5.41) is 5.39. The molecular formula is C24H32N2O5. The van der Waals surface area contributed by atoms with Crippen molar-refractivity contribution in [1.29, 1.82) is 0 Å². The van der Waals surface area contributed by atoms with E-state index < -0.39 is 0 Å². The number of carbonyl (C=O) groups excluding carboxylic acids is 2. The first-order valence-corrected chi connectivity index (χ1v) is 10.5. The van der Waals surface area contributed by atoms with Crippen LogP contribution in [0.2, 0.25) is 0 Å². The lowest BCUT2D eigenvalue weighted by molar-refractivity contribution is -0.123. The summed E-state index contributed by atoms with van der Waals surface area (Å²) in [6.07, 6.45) is 1.04. The van der Waals surface area contributed by atoms with Crippen LogP contribution in [0.15, 0.2) is 48.5 Å². The van der Waals surface area contributed by atoms with E-state index in [-0.39, 0.29) is 18.4 Å². The third-order valence-electron chi connectivity index (χ3n) is 4.54. The Hall–Kier alpha value is -2.90. The maximum absolute atomic E-state index is 11.9. The van der Waals surface area contributed by atoms with Gasteiger partial charge in [-0.25, -0.2) is 0 Å². The van der Waals surface area contributed by atoms with Crippen LogP contribution in [0.5, 0.6) is 5.75 Å². The van der Waals surface area contributed by atoms with Gasteiger partial charge in [0.25, 0.3) is 5.91 Å². The lowest BCUT2D eigenvalue weighted by atomic mass is 10.1. The lowest BCUT2D eigenvalue weighted by Crippen LogP contribution is -2.26. The molecule has 0 aromatic heterocycles. The van der Waals surface area contributed by atoms with Gasteiger partial charge in [0.1, 0.15) is 5.75 Å². The monoisotopic (exact) mass is 428 g/mol. The molecule has 7 nitrogen and oxygen atoms in total. The molecule has 0 aliphatic carbocycles. The lowest BCUT2D eigenvalue weighted by Gasteiger charge is -2.08. The van der Waals surface area contributed by atoms with Crippen molar-refractivity contribution in [2.45, 2.75) is 26.4 Å². The van der Waals surface area contributed by atoms with Crippen molar-refractivity contribution in [2.24, 2.45) is 0 Å². The van der Waals surface area contributed by atoms with Crippen LogP contribution < -0.4 is 15.4 Å². The quantitative estimate of drug-likeness (QED) is 0.452. The van der Waals surface area contributed by atoms with E-state index in [0.717, 1.165) is 17.5 Å². The van der Waals surface area contributed by atoms with Gasteiger partial charge in [-0.15, -0.1) is 0 Å². The van der Waals surface area contributed by atoms with Crippen LogP contribution >= 0.6 is 0 Å². The summed E-state index contributed by atoms with van der Waals surface area (Å²) < 4.78 is 16.4.